The predicted octanol–water partition coefficient (Wildman–Crippen LogP) is 5.62. The number of hydrogen-bond acceptors (Lipinski definition) is 1. The molecule has 0 spiro atoms. The summed E-state index contributed by atoms with van der Waals surface area (Å²) in [4.78, 5) is 2.27. The summed E-state index contributed by atoms with van der Waals surface area (Å²) in [6.07, 6.45) is 0. The molecule has 1 aliphatic heterocycles. The van der Waals surface area contributed by atoms with Crippen LogP contribution < -0.4 is 4.90 Å². The molecular formula is C16H15Br2N. The van der Waals surface area contributed by atoms with Gasteiger partial charge in [-0.05, 0) is 47.5 Å². The molecule has 0 atom stereocenters. The Kier molecular flexibility index (Phi) is 3.02. The molecule has 0 aliphatic carbocycles. The highest BCUT2D eigenvalue weighted by Crippen LogP contribution is 2.49. The van der Waals surface area contributed by atoms with E-state index in [1.165, 1.54) is 22.5 Å². The van der Waals surface area contributed by atoms with E-state index in [2.05, 4.69) is 94.1 Å². The zero-order valence-corrected chi connectivity index (χ0v) is 14.3. The molecule has 2 aromatic rings. The molecule has 0 saturated carbocycles. The van der Waals surface area contributed by atoms with Crippen LogP contribution in [0.4, 0.5) is 11.4 Å². The van der Waals surface area contributed by atoms with Crippen LogP contribution in [-0.4, -0.2) is 7.05 Å². The summed E-state index contributed by atoms with van der Waals surface area (Å²) >= 11 is 7.18. The Morgan fingerprint density at radius 2 is 1.26 bits per heavy atom. The lowest BCUT2D eigenvalue weighted by molar-refractivity contribution is 0.628. The first kappa shape index (κ1) is 13.2. The predicted molar refractivity (Wildman–Crippen MR) is 88.5 cm³/mol. The van der Waals surface area contributed by atoms with E-state index in [1.807, 2.05) is 0 Å². The largest absolute Gasteiger partial charge is 0.344 e. The Balaban J connectivity index is 2.33. The van der Waals surface area contributed by atoms with Gasteiger partial charge in [-0.15, -0.1) is 0 Å². The second-order valence-corrected chi connectivity index (χ2v) is 7.34. The van der Waals surface area contributed by atoms with Crippen molar-refractivity contribution in [2.24, 2.45) is 0 Å². The number of halogens is 2. The molecule has 0 N–H and O–H groups in total. The number of nitrogens with zero attached hydrogens (tertiary/aromatic N) is 1. The highest BCUT2D eigenvalue weighted by molar-refractivity contribution is 9.10. The van der Waals surface area contributed by atoms with Crippen molar-refractivity contribution in [1.82, 2.24) is 0 Å². The van der Waals surface area contributed by atoms with Gasteiger partial charge in [-0.3, -0.25) is 0 Å². The Labute approximate surface area is 130 Å². The third-order valence-electron chi connectivity index (χ3n) is 3.99. The summed E-state index contributed by atoms with van der Waals surface area (Å²) < 4.78 is 2.26. The minimum Gasteiger partial charge on any atom is -0.344 e. The second kappa shape index (κ2) is 4.35. The van der Waals surface area contributed by atoms with Crippen molar-refractivity contribution in [3.8, 4) is 0 Å². The summed E-state index contributed by atoms with van der Waals surface area (Å²) in [7, 11) is 2.13. The number of benzene rings is 2. The van der Waals surface area contributed by atoms with E-state index >= 15 is 0 Å². The van der Waals surface area contributed by atoms with Crippen LogP contribution in [0.3, 0.4) is 0 Å². The van der Waals surface area contributed by atoms with Crippen LogP contribution in [0.25, 0.3) is 0 Å². The van der Waals surface area contributed by atoms with Crippen LogP contribution in [0.2, 0.25) is 0 Å². The van der Waals surface area contributed by atoms with Crippen molar-refractivity contribution in [1.29, 1.82) is 0 Å². The van der Waals surface area contributed by atoms with Gasteiger partial charge >= 0.3 is 0 Å². The molecule has 19 heavy (non-hydrogen) atoms. The molecule has 0 saturated heterocycles. The van der Waals surface area contributed by atoms with Gasteiger partial charge in [0.05, 0.1) is 0 Å². The third kappa shape index (κ3) is 1.95. The van der Waals surface area contributed by atoms with Crippen molar-refractivity contribution < 1.29 is 0 Å². The maximum atomic E-state index is 3.59. The highest BCUT2D eigenvalue weighted by Gasteiger charge is 2.35. The van der Waals surface area contributed by atoms with Crippen molar-refractivity contribution in [3.05, 3.63) is 56.5 Å². The zero-order chi connectivity index (χ0) is 13.8. The van der Waals surface area contributed by atoms with Gasteiger partial charge in [0, 0.05) is 32.8 Å². The van der Waals surface area contributed by atoms with Gasteiger partial charge in [0.2, 0.25) is 0 Å². The first-order valence-corrected chi connectivity index (χ1v) is 7.83. The molecule has 0 aromatic heterocycles. The lowest BCUT2D eigenvalue weighted by Crippen LogP contribution is -2.30. The van der Waals surface area contributed by atoms with Gasteiger partial charge in [0.25, 0.3) is 0 Å². The average molecular weight is 381 g/mol. The molecule has 0 amide bonds. The molecular weight excluding hydrogens is 366 g/mol. The van der Waals surface area contributed by atoms with Crippen LogP contribution in [-0.2, 0) is 5.41 Å². The fourth-order valence-corrected chi connectivity index (χ4v) is 3.60. The number of hydrogen-bond donors (Lipinski definition) is 0. The standard InChI is InChI=1S/C16H15Br2N/c1-16(2)12-8-10(17)4-6-14(12)19(3)15-7-5-11(18)9-13(15)16/h4-9H,1-3H3. The SMILES string of the molecule is CN1c2ccc(Br)cc2C(C)(C)c2cc(Br)ccc21. The third-order valence-corrected chi connectivity index (χ3v) is 4.97. The van der Waals surface area contributed by atoms with Crippen LogP contribution >= 0.6 is 31.9 Å². The van der Waals surface area contributed by atoms with E-state index in [0.29, 0.717) is 0 Å². The van der Waals surface area contributed by atoms with Gasteiger partial charge in [-0.25, -0.2) is 0 Å². The van der Waals surface area contributed by atoms with E-state index in [1.54, 1.807) is 0 Å². The van der Waals surface area contributed by atoms with Crippen molar-refractivity contribution in [2.45, 2.75) is 19.3 Å². The average Bonchev–Trinajstić information content (AvgIpc) is 2.36. The quantitative estimate of drug-likeness (QED) is 0.573. The van der Waals surface area contributed by atoms with Gasteiger partial charge < -0.3 is 4.90 Å². The maximum Gasteiger partial charge on any atom is 0.0450 e. The number of fused-ring (bicyclic) bond motifs is 2. The number of rotatable bonds is 0. The normalized spacial score (nSPS) is 15.9. The van der Waals surface area contributed by atoms with E-state index < -0.39 is 0 Å². The summed E-state index contributed by atoms with van der Waals surface area (Å²) in [6, 6.07) is 13.0. The van der Waals surface area contributed by atoms with Crippen LogP contribution in [0, 0.1) is 0 Å². The first-order valence-electron chi connectivity index (χ1n) is 6.25. The van der Waals surface area contributed by atoms with Gasteiger partial charge in [0.15, 0.2) is 0 Å². The Morgan fingerprint density at radius 1 is 0.842 bits per heavy atom. The molecule has 2 aromatic carbocycles. The molecule has 98 valence electrons. The van der Waals surface area contributed by atoms with Crippen molar-refractivity contribution in [3.63, 3.8) is 0 Å². The summed E-state index contributed by atoms with van der Waals surface area (Å²) in [5, 5.41) is 0. The maximum absolute atomic E-state index is 3.59. The zero-order valence-electron chi connectivity index (χ0n) is 11.2. The fourth-order valence-electron chi connectivity index (χ4n) is 2.88. The van der Waals surface area contributed by atoms with Crippen molar-refractivity contribution >= 4 is 43.2 Å². The lowest BCUT2D eigenvalue weighted by Gasteiger charge is -2.40. The Bertz CT molecular complexity index is 606. The Morgan fingerprint density at radius 3 is 1.68 bits per heavy atom. The van der Waals surface area contributed by atoms with E-state index in [9.17, 15) is 0 Å². The van der Waals surface area contributed by atoms with E-state index in [-0.39, 0.29) is 5.41 Å². The smallest absolute Gasteiger partial charge is 0.0450 e. The molecule has 0 unspecified atom stereocenters. The molecule has 0 bridgehead atoms. The molecule has 0 fully saturated rings. The van der Waals surface area contributed by atoms with E-state index in [0.717, 1.165) is 8.95 Å². The summed E-state index contributed by atoms with van der Waals surface area (Å²) in [5.41, 5.74) is 5.28. The minimum absolute atomic E-state index is 0.00470. The molecule has 0 radical (unpaired) electrons. The summed E-state index contributed by atoms with van der Waals surface area (Å²) in [5.74, 6) is 0. The summed E-state index contributed by atoms with van der Waals surface area (Å²) in [6.45, 7) is 4.58. The molecule has 3 heteroatoms. The van der Waals surface area contributed by atoms with Gasteiger partial charge in [0.1, 0.15) is 0 Å². The molecule has 1 nitrogen and oxygen atoms in total. The Hall–Kier alpha value is -0.800. The van der Waals surface area contributed by atoms with Gasteiger partial charge in [-0.1, -0.05) is 45.7 Å². The topological polar surface area (TPSA) is 3.24 Å². The first-order chi connectivity index (χ1) is 8.91. The van der Waals surface area contributed by atoms with Crippen LogP contribution in [0.1, 0.15) is 25.0 Å². The minimum atomic E-state index is 0.00470. The van der Waals surface area contributed by atoms with Crippen LogP contribution in [0.15, 0.2) is 45.3 Å². The fraction of sp³-hybridized carbons (Fsp3) is 0.250. The monoisotopic (exact) mass is 379 g/mol. The van der Waals surface area contributed by atoms with Crippen LogP contribution in [0.5, 0.6) is 0 Å². The second-order valence-electron chi connectivity index (χ2n) is 5.51. The molecule has 1 aliphatic rings. The lowest BCUT2D eigenvalue weighted by atomic mass is 9.74. The molecule has 1 heterocycles. The van der Waals surface area contributed by atoms with Gasteiger partial charge in [-0.2, -0.15) is 0 Å². The van der Waals surface area contributed by atoms with E-state index in [4.69, 9.17) is 0 Å². The highest BCUT2D eigenvalue weighted by atomic mass is 79.9. The number of anilines is 2. The molecule has 3 rings (SSSR count). The van der Waals surface area contributed by atoms with Crippen molar-refractivity contribution in [2.75, 3.05) is 11.9 Å².